The zero-order chi connectivity index (χ0) is 20.8. The molecular formula is C22H32N2O4. The Balaban J connectivity index is 2.07. The van der Waals surface area contributed by atoms with Crippen molar-refractivity contribution in [2.45, 2.75) is 64.6 Å². The Hall–Kier alpha value is -2.50. The van der Waals surface area contributed by atoms with Gasteiger partial charge in [-0.15, -0.1) is 0 Å². The molecule has 2 rings (SSSR count). The molecule has 2 amide bonds. The van der Waals surface area contributed by atoms with Crippen LogP contribution in [0.25, 0.3) is 0 Å². The molecule has 6 nitrogen and oxygen atoms in total. The molecule has 0 saturated heterocycles. The molecule has 0 aromatic heterocycles. The molecule has 1 aromatic rings. The summed E-state index contributed by atoms with van der Waals surface area (Å²) in [6.45, 7) is 7.57. The number of allylic oxidation sites excluding steroid dienone is 1. The number of ether oxygens (including phenoxy) is 2. The molecule has 0 fully saturated rings. The van der Waals surface area contributed by atoms with Gasteiger partial charge in [0, 0.05) is 12.5 Å². The average Bonchev–Trinajstić information content (AvgIpc) is 2.66. The van der Waals surface area contributed by atoms with Crippen molar-refractivity contribution >= 4 is 12.0 Å². The first-order chi connectivity index (χ1) is 13.1. The fourth-order valence-corrected chi connectivity index (χ4v) is 3.18. The smallest absolute Gasteiger partial charge is 0.332 e. The van der Waals surface area contributed by atoms with E-state index in [1.54, 1.807) is 14.0 Å². The maximum atomic E-state index is 12.9. The number of carbonyl (C=O) groups is 2. The summed E-state index contributed by atoms with van der Waals surface area (Å²) >= 11 is 0. The van der Waals surface area contributed by atoms with E-state index in [1.165, 1.54) is 0 Å². The van der Waals surface area contributed by atoms with Crippen molar-refractivity contribution in [1.82, 2.24) is 10.6 Å². The minimum absolute atomic E-state index is 0.108. The van der Waals surface area contributed by atoms with Crippen LogP contribution in [0, 0.1) is 5.92 Å². The molecule has 6 heteroatoms. The van der Waals surface area contributed by atoms with Crippen molar-refractivity contribution in [2.24, 2.45) is 5.92 Å². The number of hydrogen-bond acceptors (Lipinski definition) is 4. The van der Waals surface area contributed by atoms with E-state index in [2.05, 4.69) is 16.7 Å². The van der Waals surface area contributed by atoms with Gasteiger partial charge in [-0.25, -0.2) is 9.59 Å². The SMILES string of the molecule is COc1ccc(CNC(=O)NC(C)(C(=O)OC(C)(C)C)C2C=CCCC2)cc1. The van der Waals surface area contributed by atoms with Crippen LogP contribution in [-0.4, -0.2) is 30.3 Å². The van der Waals surface area contributed by atoms with Gasteiger partial charge in [0.2, 0.25) is 0 Å². The molecule has 2 atom stereocenters. The lowest BCUT2D eigenvalue weighted by molar-refractivity contribution is -0.164. The van der Waals surface area contributed by atoms with Gasteiger partial charge in [0.25, 0.3) is 0 Å². The highest BCUT2D eigenvalue weighted by Gasteiger charge is 2.44. The average molecular weight is 389 g/mol. The monoisotopic (exact) mass is 388 g/mol. The second-order valence-electron chi connectivity index (χ2n) is 8.33. The normalized spacial score (nSPS) is 18.7. The quantitative estimate of drug-likeness (QED) is 0.571. The van der Waals surface area contributed by atoms with Crippen LogP contribution < -0.4 is 15.4 Å². The Morgan fingerprint density at radius 2 is 1.82 bits per heavy atom. The number of methoxy groups -OCH3 is 1. The Kier molecular flexibility index (Phi) is 7.11. The Bertz CT molecular complexity index is 706. The van der Waals surface area contributed by atoms with E-state index < -0.39 is 23.1 Å². The van der Waals surface area contributed by atoms with E-state index in [-0.39, 0.29) is 5.92 Å². The summed E-state index contributed by atoms with van der Waals surface area (Å²) < 4.78 is 10.8. The van der Waals surface area contributed by atoms with Crippen LogP contribution in [0.3, 0.4) is 0 Å². The lowest BCUT2D eigenvalue weighted by Crippen LogP contribution is -2.60. The van der Waals surface area contributed by atoms with Crippen LogP contribution in [0.2, 0.25) is 0 Å². The maximum Gasteiger partial charge on any atom is 0.332 e. The van der Waals surface area contributed by atoms with Gasteiger partial charge < -0.3 is 20.1 Å². The number of urea groups is 1. The van der Waals surface area contributed by atoms with Crippen LogP contribution in [-0.2, 0) is 16.1 Å². The molecule has 0 radical (unpaired) electrons. The van der Waals surface area contributed by atoms with E-state index in [0.717, 1.165) is 30.6 Å². The fourth-order valence-electron chi connectivity index (χ4n) is 3.18. The van der Waals surface area contributed by atoms with Gasteiger partial charge in [-0.2, -0.15) is 0 Å². The van der Waals surface area contributed by atoms with E-state index in [0.29, 0.717) is 6.54 Å². The van der Waals surface area contributed by atoms with Crippen LogP contribution in [0.15, 0.2) is 36.4 Å². The predicted octanol–water partition coefficient (Wildman–Crippen LogP) is 3.95. The second kappa shape index (κ2) is 9.13. The van der Waals surface area contributed by atoms with Gasteiger partial charge in [-0.05, 0) is 64.7 Å². The first-order valence-electron chi connectivity index (χ1n) is 9.73. The molecule has 2 unspecified atom stereocenters. The van der Waals surface area contributed by atoms with Crippen LogP contribution >= 0.6 is 0 Å². The summed E-state index contributed by atoms with van der Waals surface area (Å²) in [5.74, 6) is 0.230. The van der Waals surface area contributed by atoms with Crippen molar-refractivity contribution in [3.63, 3.8) is 0 Å². The zero-order valence-corrected chi connectivity index (χ0v) is 17.5. The van der Waals surface area contributed by atoms with E-state index in [9.17, 15) is 9.59 Å². The van der Waals surface area contributed by atoms with Crippen molar-refractivity contribution in [3.05, 3.63) is 42.0 Å². The Morgan fingerprint density at radius 3 is 2.36 bits per heavy atom. The number of amides is 2. The van der Waals surface area contributed by atoms with E-state index in [1.807, 2.05) is 51.1 Å². The molecule has 0 aliphatic heterocycles. The minimum Gasteiger partial charge on any atom is -0.497 e. The number of esters is 1. The summed E-state index contributed by atoms with van der Waals surface area (Å²) in [4.78, 5) is 25.5. The molecule has 0 spiro atoms. The molecule has 0 heterocycles. The number of carbonyl (C=O) groups excluding carboxylic acids is 2. The van der Waals surface area contributed by atoms with Gasteiger partial charge in [0.05, 0.1) is 7.11 Å². The third kappa shape index (κ3) is 6.01. The first-order valence-corrected chi connectivity index (χ1v) is 9.73. The number of hydrogen-bond donors (Lipinski definition) is 2. The first kappa shape index (κ1) is 21.8. The minimum atomic E-state index is -1.13. The highest BCUT2D eigenvalue weighted by Crippen LogP contribution is 2.30. The molecular weight excluding hydrogens is 356 g/mol. The third-order valence-corrected chi connectivity index (χ3v) is 4.80. The number of nitrogens with one attached hydrogen (secondary N) is 2. The van der Waals surface area contributed by atoms with Gasteiger partial charge in [-0.3, -0.25) is 0 Å². The molecule has 0 bridgehead atoms. The zero-order valence-electron chi connectivity index (χ0n) is 17.5. The number of benzene rings is 1. The van der Waals surface area contributed by atoms with E-state index >= 15 is 0 Å². The summed E-state index contributed by atoms with van der Waals surface area (Å²) in [7, 11) is 1.61. The van der Waals surface area contributed by atoms with Crippen LogP contribution in [0.4, 0.5) is 4.79 Å². The van der Waals surface area contributed by atoms with E-state index in [4.69, 9.17) is 9.47 Å². The maximum absolute atomic E-state index is 12.9. The highest BCUT2D eigenvalue weighted by molar-refractivity contribution is 5.88. The van der Waals surface area contributed by atoms with Crippen molar-refractivity contribution in [1.29, 1.82) is 0 Å². The van der Waals surface area contributed by atoms with Crippen molar-refractivity contribution in [2.75, 3.05) is 7.11 Å². The second-order valence-corrected chi connectivity index (χ2v) is 8.33. The van der Waals surface area contributed by atoms with Gasteiger partial charge in [0.1, 0.15) is 16.9 Å². The molecule has 28 heavy (non-hydrogen) atoms. The summed E-state index contributed by atoms with van der Waals surface area (Å²) in [6.07, 6.45) is 6.87. The van der Waals surface area contributed by atoms with Gasteiger partial charge in [0.15, 0.2) is 0 Å². The molecule has 154 valence electrons. The van der Waals surface area contributed by atoms with Crippen LogP contribution in [0.5, 0.6) is 5.75 Å². The van der Waals surface area contributed by atoms with Crippen LogP contribution in [0.1, 0.15) is 52.5 Å². The van der Waals surface area contributed by atoms with Crippen molar-refractivity contribution in [3.8, 4) is 5.75 Å². The molecule has 1 aliphatic carbocycles. The largest absolute Gasteiger partial charge is 0.497 e. The fraction of sp³-hybridized carbons (Fsp3) is 0.545. The topological polar surface area (TPSA) is 76.7 Å². The third-order valence-electron chi connectivity index (χ3n) is 4.80. The standard InChI is InChI=1S/C22H32N2O4/c1-21(2,3)28-19(25)22(4,17-9-7-6-8-10-17)24-20(26)23-15-16-11-13-18(27-5)14-12-16/h7,9,11-14,17H,6,8,10,15H2,1-5H3,(H2,23,24,26). The van der Waals surface area contributed by atoms with Gasteiger partial charge >= 0.3 is 12.0 Å². The summed E-state index contributed by atoms with van der Waals surface area (Å²) in [5.41, 5.74) is -0.820. The number of rotatable bonds is 6. The molecule has 1 aliphatic rings. The molecule has 2 N–H and O–H groups in total. The predicted molar refractivity (Wildman–Crippen MR) is 109 cm³/mol. The van der Waals surface area contributed by atoms with Crippen molar-refractivity contribution < 1.29 is 19.1 Å². The molecule has 0 saturated carbocycles. The lowest BCUT2D eigenvalue weighted by atomic mass is 9.79. The summed E-state index contributed by atoms with van der Waals surface area (Å²) in [6, 6.07) is 7.05. The lowest BCUT2D eigenvalue weighted by Gasteiger charge is -2.38. The van der Waals surface area contributed by atoms with Gasteiger partial charge in [-0.1, -0.05) is 24.3 Å². The summed E-state index contributed by atoms with van der Waals surface area (Å²) in [5, 5.41) is 5.70. The Labute approximate surface area is 167 Å². The molecule has 1 aromatic carbocycles. The Morgan fingerprint density at radius 1 is 1.14 bits per heavy atom. The highest BCUT2D eigenvalue weighted by atomic mass is 16.6.